The third-order valence-electron chi connectivity index (χ3n) is 6.44. The van der Waals surface area contributed by atoms with Crippen LogP contribution in [0.4, 0.5) is 5.13 Å². The zero-order chi connectivity index (χ0) is 21.9. The van der Waals surface area contributed by atoms with E-state index in [1.54, 1.807) is 29.4 Å². The summed E-state index contributed by atoms with van der Waals surface area (Å²) < 4.78 is 0. The fraction of sp³-hybridized carbons (Fsp3) is 0.360. The number of fused-ring (bicyclic) bond motifs is 1. The molecule has 0 atom stereocenters. The number of piperidine rings is 1. The molecule has 1 aromatic carbocycles. The summed E-state index contributed by atoms with van der Waals surface area (Å²) in [6, 6.07) is 10.2. The van der Waals surface area contributed by atoms with Crippen LogP contribution in [0.25, 0.3) is 11.3 Å². The number of rotatable bonds is 4. The lowest BCUT2D eigenvalue weighted by Gasteiger charge is -2.31. The summed E-state index contributed by atoms with van der Waals surface area (Å²) >= 11 is 1.46. The quantitative estimate of drug-likeness (QED) is 0.637. The number of likely N-dealkylation sites (tertiary alicyclic amines) is 1. The molecule has 0 unspecified atom stereocenters. The van der Waals surface area contributed by atoms with Gasteiger partial charge >= 0.3 is 0 Å². The number of anilines is 1. The molecular weight excluding hydrogens is 420 g/mol. The van der Waals surface area contributed by atoms with E-state index in [9.17, 15) is 9.59 Å². The number of thiazole rings is 1. The topological polar surface area (TPSA) is 75.2 Å². The Morgan fingerprint density at radius 1 is 1.06 bits per heavy atom. The largest absolute Gasteiger partial charge is 0.339 e. The Hall–Kier alpha value is -3.06. The summed E-state index contributed by atoms with van der Waals surface area (Å²) in [5.41, 5.74) is 5.50. The lowest BCUT2D eigenvalue weighted by Crippen LogP contribution is -2.41. The average molecular weight is 447 g/mol. The molecule has 164 valence electrons. The summed E-state index contributed by atoms with van der Waals surface area (Å²) in [6.07, 6.45) is 9.38. The van der Waals surface area contributed by atoms with Crippen molar-refractivity contribution >= 4 is 28.3 Å². The molecule has 0 spiro atoms. The van der Waals surface area contributed by atoms with Gasteiger partial charge in [0, 0.05) is 42.3 Å². The average Bonchev–Trinajstić information content (AvgIpc) is 3.32. The number of carbonyl (C=O) groups excluding carboxylic acids is 2. The van der Waals surface area contributed by atoms with Gasteiger partial charge in [0.05, 0.1) is 11.3 Å². The summed E-state index contributed by atoms with van der Waals surface area (Å²) in [5.74, 6) is -0.138. The highest BCUT2D eigenvalue weighted by Crippen LogP contribution is 2.30. The molecule has 5 rings (SSSR count). The van der Waals surface area contributed by atoms with Crippen LogP contribution in [0.3, 0.4) is 0 Å². The summed E-state index contributed by atoms with van der Waals surface area (Å²) in [5, 5.41) is 5.64. The second-order valence-electron chi connectivity index (χ2n) is 8.53. The lowest BCUT2D eigenvalue weighted by molar-refractivity contribution is -0.121. The summed E-state index contributed by atoms with van der Waals surface area (Å²) in [7, 11) is 0. The Bertz CT molecular complexity index is 1120. The predicted octanol–water partition coefficient (Wildman–Crippen LogP) is 4.57. The molecular formula is C25H26N4O2S. The zero-order valence-corrected chi connectivity index (χ0v) is 18.7. The first-order valence-electron chi connectivity index (χ1n) is 11.3. The van der Waals surface area contributed by atoms with E-state index in [0.717, 1.165) is 17.7 Å². The van der Waals surface area contributed by atoms with Gasteiger partial charge in [-0.15, -0.1) is 11.3 Å². The fourth-order valence-corrected chi connectivity index (χ4v) is 5.30. The maximum Gasteiger partial charge on any atom is 0.255 e. The highest BCUT2D eigenvalue weighted by molar-refractivity contribution is 7.14. The van der Waals surface area contributed by atoms with Crippen LogP contribution in [0, 0.1) is 5.92 Å². The molecule has 0 bridgehead atoms. The molecule has 1 fully saturated rings. The van der Waals surface area contributed by atoms with E-state index >= 15 is 0 Å². The molecule has 1 aliphatic carbocycles. The van der Waals surface area contributed by atoms with Gasteiger partial charge < -0.3 is 10.2 Å². The van der Waals surface area contributed by atoms with Crippen LogP contribution >= 0.6 is 11.3 Å². The number of nitrogens with one attached hydrogen (secondary N) is 1. The first-order valence-corrected chi connectivity index (χ1v) is 12.1. The first kappa shape index (κ1) is 20.8. The maximum atomic E-state index is 12.8. The van der Waals surface area contributed by atoms with Crippen molar-refractivity contribution in [3.63, 3.8) is 0 Å². The standard InChI is InChI=1S/C25H26N4O2S/c30-23(18-9-12-29(13-10-18)24(31)21-6-3-11-26-15-21)28-25-27-22(16-32-25)20-8-7-17-4-1-2-5-19(17)14-20/h3,6-8,11,14-16,18H,1-2,4-5,9-10,12-13H2,(H,27,28,30). The van der Waals surface area contributed by atoms with E-state index < -0.39 is 0 Å². The Morgan fingerprint density at radius 3 is 2.66 bits per heavy atom. The van der Waals surface area contributed by atoms with Crippen molar-refractivity contribution < 1.29 is 9.59 Å². The molecule has 7 heteroatoms. The van der Waals surface area contributed by atoms with E-state index in [1.165, 1.54) is 41.7 Å². The number of benzene rings is 1. The van der Waals surface area contributed by atoms with Gasteiger partial charge in [0.2, 0.25) is 5.91 Å². The van der Waals surface area contributed by atoms with Crippen molar-refractivity contribution in [3.8, 4) is 11.3 Å². The van der Waals surface area contributed by atoms with E-state index in [-0.39, 0.29) is 17.7 Å². The molecule has 2 aromatic heterocycles. The number of hydrogen-bond donors (Lipinski definition) is 1. The molecule has 1 aliphatic heterocycles. The molecule has 3 heterocycles. The minimum Gasteiger partial charge on any atom is -0.339 e. The van der Waals surface area contributed by atoms with Crippen LogP contribution < -0.4 is 5.32 Å². The van der Waals surface area contributed by atoms with Crippen LogP contribution in [-0.2, 0) is 17.6 Å². The Balaban J connectivity index is 1.18. The van der Waals surface area contributed by atoms with Gasteiger partial charge in [-0.2, -0.15) is 0 Å². The second kappa shape index (κ2) is 9.20. The number of carbonyl (C=O) groups is 2. The molecule has 2 aliphatic rings. The molecule has 0 saturated carbocycles. The van der Waals surface area contributed by atoms with Crippen LogP contribution in [0.15, 0.2) is 48.1 Å². The van der Waals surface area contributed by atoms with Crippen LogP contribution in [-0.4, -0.2) is 39.8 Å². The number of nitrogens with zero attached hydrogens (tertiary/aromatic N) is 3. The van der Waals surface area contributed by atoms with Gasteiger partial charge in [-0.05, 0) is 67.9 Å². The van der Waals surface area contributed by atoms with E-state index in [0.29, 0.717) is 36.6 Å². The molecule has 1 N–H and O–H groups in total. The van der Waals surface area contributed by atoms with Gasteiger partial charge in [-0.1, -0.05) is 12.1 Å². The van der Waals surface area contributed by atoms with E-state index in [1.807, 2.05) is 5.38 Å². The minimum atomic E-state index is -0.107. The van der Waals surface area contributed by atoms with Crippen molar-refractivity contribution in [3.05, 3.63) is 64.8 Å². The van der Waals surface area contributed by atoms with Crippen molar-refractivity contribution in [2.45, 2.75) is 38.5 Å². The molecule has 1 saturated heterocycles. The maximum absolute atomic E-state index is 12.8. The van der Waals surface area contributed by atoms with Crippen LogP contribution in [0.5, 0.6) is 0 Å². The third kappa shape index (κ3) is 4.43. The number of aromatic nitrogens is 2. The first-order chi connectivity index (χ1) is 15.7. The van der Waals surface area contributed by atoms with Crippen molar-refractivity contribution in [2.24, 2.45) is 5.92 Å². The smallest absolute Gasteiger partial charge is 0.255 e. The van der Waals surface area contributed by atoms with Gasteiger partial charge in [-0.25, -0.2) is 4.98 Å². The van der Waals surface area contributed by atoms with Crippen LogP contribution in [0.2, 0.25) is 0 Å². The monoisotopic (exact) mass is 446 g/mol. The summed E-state index contributed by atoms with van der Waals surface area (Å²) in [4.78, 5) is 35.8. The third-order valence-corrected chi connectivity index (χ3v) is 7.20. The predicted molar refractivity (Wildman–Crippen MR) is 126 cm³/mol. The highest BCUT2D eigenvalue weighted by atomic mass is 32.1. The number of hydrogen-bond acceptors (Lipinski definition) is 5. The van der Waals surface area contributed by atoms with E-state index in [2.05, 4.69) is 33.5 Å². The molecule has 6 nitrogen and oxygen atoms in total. The van der Waals surface area contributed by atoms with E-state index in [4.69, 9.17) is 0 Å². The Morgan fingerprint density at radius 2 is 1.88 bits per heavy atom. The fourth-order valence-electron chi connectivity index (χ4n) is 4.58. The molecule has 3 aromatic rings. The molecule has 32 heavy (non-hydrogen) atoms. The highest BCUT2D eigenvalue weighted by Gasteiger charge is 2.28. The van der Waals surface area contributed by atoms with Gasteiger partial charge in [0.15, 0.2) is 5.13 Å². The van der Waals surface area contributed by atoms with Crippen molar-refractivity contribution in [2.75, 3.05) is 18.4 Å². The number of pyridine rings is 1. The van der Waals surface area contributed by atoms with Crippen molar-refractivity contribution in [1.82, 2.24) is 14.9 Å². The SMILES string of the molecule is O=C(Nc1nc(-c2ccc3c(c2)CCCC3)cs1)C1CCN(C(=O)c2cccnc2)CC1. The second-order valence-corrected chi connectivity index (χ2v) is 9.38. The van der Waals surface area contributed by atoms with Gasteiger partial charge in [-0.3, -0.25) is 14.6 Å². The normalized spacial score (nSPS) is 16.4. The summed E-state index contributed by atoms with van der Waals surface area (Å²) in [6.45, 7) is 1.15. The van der Waals surface area contributed by atoms with Gasteiger partial charge in [0.1, 0.15) is 0 Å². The number of aryl methyl sites for hydroxylation is 2. The Labute approximate surface area is 191 Å². The van der Waals surface area contributed by atoms with Crippen LogP contribution in [0.1, 0.15) is 47.2 Å². The molecule has 2 amide bonds. The van der Waals surface area contributed by atoms with Gasteiger partial charge in [0.25, 0.3) is 5.91 Å². The molecule has 0 radical (unpaired) electrons. The zero-order valence-electron chi connectivity index (χ0n) is 17.9. The Kier molecular flexibility index (Phi) is 5.99. The minimum absolute atomic E-state index is 0.00943. The van der Waals surface area contributed by atoms with Crippen molar-refractivity contribution in [1.29, 1.82) is 0 Å². The lowest BCUT2D eigenvalue weighted by atomic mass is 9.90. The number of amides is 2.